The molecule has 11 rings (SSSR count). The van der Waals surface area contributed by atoms with E-state index in [9.17, 15) is 0 Å². The van der Waals surface area contributed by atoms with Crippen molar-refractivity contribution in [2.24, 2.45) is 0 Å². The molecule has 11 aromatic rings. The van der Waals surface area contributed by atoms with Gasteiger partial charge in [-0.15, -0.1) is 0 Å². The zero-order chi connectivity index (χ0) is 38.3. The number of benzene rings is 6. The first kappa shape index (κ1) is 33.1. The van der Waals surface area contributed by atoms with Crippen LogP contribution in [0.3, 0.4) is 0 Å². The van der Waals surface area contributed by atoms with E-state index >= 15 is 0 Å². The van der Waals surface area contributed by atoms with Crippen molar-refractivity contribution < 1.29 is 0 Å². The third-order valence-electron chi connectivity index (χ3n) is 11.4. The number of nitrogens with one attached hydrogen (secondary N) is 1. The first-order valence-electron chi connectivity index (χ1n) is 19.4. The molecule has 0 atom stereocenters. The number of hydrogen-bond donors (Lipinski definition) is 1. The summed E-state index contributed by atoms with van der Waals surface area (Å²) in [6, 6.07) is 54.2. The number of pyridine rings is 2. The summed E-state index contributed by atoms with van der Waals surface area (Å²) in [5.41, 5.74) is 14.3. The van der Waals surface area contributed by atoms with E-state index < -0.39 is 0 Å². The Hall–Kier alpha value is -7.31. The molecule has 57 heavy (non-hydrogen) atoms. The second-order valence-electron chi connectivity index (χ2n) is 15.9. The number of nitrogens with zero attached hydrogens (tertiary/aromatic N) is 5. The van der Waals surface area contributed by atoms with Crippen molar-refractivity contribution in [3.63, 3.8) is 0 Å². The lowest BCUT2D eigenvalue weighted by molar-refractivity contribution is 0.591. The molecule has 0 radical (unpaired) electrons. The van der Waals surface area contributed by atoms with E-state index in [0.717, 1.165) is 83.6 Å². The van der Waals surface area contributed by atoms with E-state index in [1.165, 1.54) is 21.7 Å². The number of aromatic amines is 1. The van der Waals surface area contributed by atoms with Crippen LogP contribution >= 0.6 is 0 Å². The van der Waals surface area contributed by atoms with Crippen molar-refractivity contribution >= 4 is 54.6 Å². The molecule has 0 amide bonds. The first-order valence-corrected chi connectivity index (χ1v) is 19.4. The van der Waals surface area contributed by atoms with Gasteiger partial charge in [-0.05, 0) is 107 Å². The van der Waals surface area contributed by atoms with Crippen molar-refractivity contribution in [3.8, 4) is 45.1 Å². The normalized spacial score (nSPS) is 12.1. The van der Waals surface area contributed by atoms with Crippen LogP contribution in [0.2, 0.25) is 0 Å². The van der Waals surface area contributed by atoms with Gasteiger partial charge in [0.25, 0.3) is 0 Å². The third kappa shape index (κ3) is 5.29. The van der Waals surface area contributed by atoms with Gasteiger partial charge >= 0.3 is 0 Å². The van der Waals surface area contributed by atoms with Crippen LogP contribution in [0, 0.1) is 0 Å². The van der Waals surface area contributed by atoms with Crippen LogP contribution in [-0.4, -0.2) is 29.1 Å². The number of hydrogen-bond acceptors (Lipinski definition) is 3. The molecule has 0 aliphatic rings. The standard InChI is InChI=1S/C51H38N6/c1-51(2,3)35-20-23-44-42(31-35)38-21-18-34(30-46(38)57(44)47-17-7-8-26-53-47)37-13-10-16-45-49(37)55-50(56(45)36-11-5-4-6-12-36)40-15-9-14-39-41-29-33(32-24-27-52-28-25-32)19-22-43(41)54-48(39)40/h4-31,54H,1-3H3. The summed E-state index contributed by atoms with van der Waals surface area (Å²) in [7, 11) is 0. The van der Waals surface area contributed by atoms with Crippen molar-refractivity contribution in [3.05, 3.63) is 176 Å². The molecule has 0 aliphatic heterocycles. The second-order valence-corrected chi connectivity index (χ2v) is 15.9. The average Bonchev–Trinajstić information content (AvgIpc) is 3.93. The Morgan fingerprint density at radius 2 is 1.32 bits per heavy atom. The van der Waals surface area contributed by atoms with Gasteiger partial charge in [0.2, 0.25) is 0 Å². The molecule has 0 spiro atoms. The van der Waals surface area contributed by atoms with Gasteiger partial charge in [0.1, 0.15) is 11.6 Å². The summed E-state index contributed by atoms with van der Waals surface area (Å²) in [5.74, 6) is 1.78. The molecule has 0 saturated carbocycles. The largest absolute Gasteiger partial charge is 0.354 e. The molecule has 6 nitrogen and oxygen atoms in total. The van der Waals surface area contributed by atoms with Crippen LogP contribution in [0.5, 0.6) is 0 Å². The Labute approximate surface area is 329 Å². The van der Waals surface area contributed by atoms with Gasteiger partial charge in [-0.2, -0.15) is 0 Å². The molecule has 5 aromatic heterocycles. The van der Waals surface area contributed by atoms with E-state index in [-0.39, 0.29) is 5.41 Å². The molecule has 6 aromatic carbocycles. The maximum Gasteiger partial charge on any atom is 0.147 e. The predicted molar refractivity (Wildman–Crippen MR) is 235 cm³/mol. The molecule has 0 fully saturated rings. The molecular formula is C51H38N6. The van der Waals surface area contributed by atoms with Gasteiger partial charge in [-0.1, -0.05) is 93.6 Å². The zero-order valence-electron chi connectivity index (χ0n) is 31.9. The molecule has 0 aliphatic carbocycles. The summed E-state index contributed by atoms with van der Waals surface area (Å²) >= 11 is 0. The van der Waals surface area contributed by atoms with Crippen molar-refractivity contribution in [1.29, 1.82) is 0 Å². The van der Waals surface area contributed by atoms with E-state index in [1.807, 2.05) is 24.7 Å². The number of imidazole rings is 1. The van der Waals surface area contributed by atoms with Crippen LogP contribution in [0.4, 0.5) is 0 Å². The third-order valence-corrected chi connectivity index (χ3v) is 11.4. The first-order chi connectivity index (χ1) is 27.9. The summed E-state index contributed by atoms with van der Waals surface area (Å²) in [6.07, 6.45) is 5.55. The van der Waals surface area contributed by atoms with E-state index in [0.29, 0.717) is 0 Å². The molecule has 272 valence electrons. The summed E-state index contributed by atoms with van der Waals surface area (Å²) < 4.78 is 4.60. The highest BCUT2D eigenvalue weighted by molar-refractivity contribution is 6.14. The second kappa shape index (κ2) is 12.6. The molecule has 1 N–H and O–H groups in total. The van der Waals surface area contributed by atoms with Gasteiger partial charge in [-0.3, -0.25) is 14.1 Å². The zero-order valence-corrected chi connectivity index (χ0v) is 31.9. The van der Waals surface area contributed by atoms with Crippen LogP contribution < -0.4 is 0 Å². The van der Waals surface area contributed by atoms with Crippen LogP contribution in [-0.2, 0) is 5.41 Å². The maximum absolute atomic E-state index is 5.58. The van der Waals surface area contributed by atoms with E-state index in [2.05, 4.69) is 185 Å². The maximum atomic E-state index is 5.58. The molecule has 0 unspecified atom stereocenters. The van der Waals surface area contributed by atoms with Crippen molar-refractivity contribution in [2.75, 3.05) is 0 Å². The lowest BCUT2D eigenvalue weighted by Crippen LogP contribution is -2.10. The number of fused-ring (bicyclic) bond motifs is 7. The predicted octanol–water partition coefficient (Wildman–Crippen LogP) is 12.8. The summed E-state index contributed by atoms with van der Waals surface area (Å²) in [6.45, 7) is 6.81. The van der Waals surface area contributed by atoms with E-state index in [4.69, 9.17) is 9.97 Å². The molecule has 0 bridgehead atoms. The Bertz CT molecular complexity index is 3310. The fourth-order valence-corrected chi connectivity index (χ4v) is 8.57. The SMILES string of the molecule is CC(C)(C)c1ccc2c(c1)c1ccc(-c3cccc4c3nc(-c3cccc5c3[nH]c3ccc(-c6ccncc6)cc35)n4-c3ccccc3)cc1n2-c1ccccn1. The number of rotatable bonds is 5. The molecule has 5 heterocycles. The highest BCUT2D eigenvalue weighted by Crippen LogP contribution is 2.41. The Morgan fingerprint density at radius 3 is 2.14 bits per heavy atom. The number of H-pyrrole nitrogens is 1. The van der Waals surface area contributed by atoms with Crippen molar-refractivity contribution in [2.45, 2.75) is 26.2 Å². The topological polar surface area (TPSA) is 64.3 Å². The fraction of sp³-hybridized carbons (Fsp3) is 0.0784. The lowest BCUT2D eigenvalue weighted by atomic mass is 9.86. The number of para-hydroxylation sites is 3. The quantitative estimate of drug-likeness (QED) is 0.191. The van der Waals surface area contributed by atoms with Crippen LogP contribution in [0.25, 0.3) is 99.8 Å². The Morgan fingerprint density at radius 1 is 0.509 bits per heavy atom. The van der Waals surface area contributed by atoms with Gasteiger partial charge in [0, 0.05) is 62.5 Å². The van der Waals surface area contributed by atoms with E-state index in [1.54, 1.807) is 0 Å². The number of aromatic nitrogens is 6. The highest BCUT2D eigenvalue weighted by atomic mass is 15.1. The van der Waals surface area contributed by atoms with Crippen LogP contribution in [0.1, 0.15) is 26.3 Å². The lowest BCUT2D eigenvalue weighted by Gasteiger charge is -2.19. The van der Waals surface area contributed by atoms with Gasteiger partial charge < -0.3 is 4.98 Å². The van der Waals surface area contributed by atoms with Gasteiger partial charge in [-0.25, -0.2) is 9.97 Å². The van der Waals surface area contributed by atoms with Gasteiger partial charge in [0.05, 0.1) is 27.6 Å². The highest BCUT2D eigenvalue weighted by Gasteiger charge is 2.23. The minimum absolute atomic E-state index is 0.0265. The molecular weight excluding hydrogens is 697 g/mol. The van der Waals surface area contributed by atoms with Crippen molar-refractivity contribution in [1.82, 2.24) is 29.1 Å². The summed E-state index contributed by atoms with van der Waals surface area (Å²) in [5, 5.41) is 4.76. The molecule has 0 saturated heterocycles. The smallest absolute Gasteiger partial charge is 0.147 e. The van der Waals surface area contributed by atoms with Gasteiger partial charge in [0.15, 0.2) is 0 Å². The minimum atomic E-state index is 0.0265. The molecule has 6 heteroatoms. The monoisotopic (exact) mass is 734 g/mol. The Balaban J connectivity index is 1.15. The summed E-state index contributed by atoms with van der Waals surface area (Å²) in [4.78, 5) is 18.4. The Kier molecular flexibility index (Phi) is 7.32. The minimum Gasteiger partial charge on any atom is -0.354 e. The average molecular weight is 735 g/mol. The van der Waals surface area contributed by atoms with Crippen LogP contribution in [0.15, 0.2) is 170 Å². The fourth-order valence-electron chi connectivity index (χ4n) is 8.57.